The molecular formula is C18H21NO. The van der Waals surface area contributed by atoms with E-state index in [9.17, 15) is 4.79 Å². The Balaban J connectivity index is 2.12. The number of carbonyl (C=O) groups is 1. The van der Waals surface area contributed by atoms with Gasteiger partial charge in [0.25, 0.3) is 0 Å². The fourth-order valence-corrected chi connectivity index (χ4v) is 2.19. The molecule has 0 aliphatic rings. The molecule has 0 spiro atoms. The van der Waals surface area contributed by atoms with Crippen molar-refractivity contribution in [3.63, 3.8) is 0 Å². The zero-order chi connectivity index (χ0) is 14.6. The van der Waals surface area contributed by atoms with E-state index in [1.165, 1.54) is 0 Å². The molecule has 0 saturated carbocycles. The minimum absolute atomic E-state index is 0.00619. The quantitative estimate of drug-likeness (QED) is 0.896. The van der Waals surface area contributed by atoms with E-state index < -0.39 is 5.41 Å². The monoisotopic (exact) mass is 267 g/mol. The summed E-state index contributed by atoms with van der Waals surface area (Å²) < 4.78 is 0. The van der Waals surface area contributed by atoms with Crippen molar-refractivity contribution in [1.82, 2.24) is 5.32 Å². The Bertz CT molecular complexity index is 560. The average molecular weight is 267 g/mol. The van der Waals surface area contributed by atoms with Crippen molar-refractivity contribution >= 4 is 5.91 Å². The molecule has 1 amide bonds. The molecule has 0 aliphatic heterocycles. The van der Waals surface area contributed by atoms with E-state index in [4.69, 9.17) is 0 Å². The van der Waals surface area contributed by atoms with Gasteiger partial charge in [-0.3, -0.25) is 4.79 Å². The predicted octanol–water partition coefficient (Wildman–Crippen LogP) is 3.84. The van der Waals surface area contributed by atoms with E-state index in [2.05, 4.69) is 5.32 Å². The summed E-state index contributed by atoms with van der Waals surface area (Å²) in [7, 11) is 0. The highest BCUT2D eigenvalue weighted by Gasteiger charge is 2.30. The highest BCUT2D eigenvalue weighted by molar-refractivity contribution is 5.87. The van der Waals surface area contributed by atoms with Gasteiger partial charge in [-0.2, -0.15) is 0 Å². The first-order chi connectivity index (χ1) is 9.51. The predicted molar refractivity (Wildman–Crippen MR) is 82.5 cm³/mol. The van der Waals surface area contributed by atoms with Crippen molar-refractivity contribution in [2.24, 2.45) is 0 Å². The van der Waals surface area contributed by atoms with Gasteiger partial charge in [0, 0.05) is 0 Å². The van der Waals surface area contributed by atoms with Crippen LogP contribution in [0.5, 0.6) is 0 Å². The van der Waals surface area contributed by atoms with Crippen LogP contribution in [-0.4, -0.2) is 5.91 Å². The zero-order valence-corrected chi connectivity index (χ0v) is 12.3. The molecule has 0 unspecified atom stereocenters. The summed E-state index contributed by atoms with van der Waals surface area (Å²) >= 11 is 0. The fourth-order valence-electron chi connectivity index (χ4n) is 2.19. The Kier molecular flexibility index (Phi) is 4.23. The second-order valence-electron chi connectivity index (χ2n) is 5.60. The second kappa shape index (κ2) is 5.91. The number of rotatable bonds is 4. The van der Waals surface area contributed by atoms with E-state index in [1.807, 2.05) is 81.4 Å². The van der Waals surface area contributed by atoms with Crippen LogP contribution >= 0.6 is 0 Å². The van der Waals surface area contributed by atoms with Crippen LogP contribution in [0.25, 0.3) is 0 Å². The van der Waals surface area contributed by atoms with Crippen molar-refractivity contribution in [3.8, 4) is 0 Å². The number of hydrogen-bond acceptors (Lipinski definition) is 1. The van der Waals surface area contributed by atoms with Gasteiger partial charge in [-0.25, -0.2) is 0 Å². The third-order valence-corrected chi connectivity index (χ3v) is 3.71. The van der Waals surface area contributed by atoms with Gasteiger partial charge in [0.1, 0.15) is 0 Å². The van der Waals surface area contributed by atoms with E-state index in [0.717, 1.165) is 11.1 Å². The van der Waals surface area contributed by atoms with Crippen LogP contribution in [0, 0.1) is 0 Å². The lowest BCUT2D eigenvalue weighted by molar-refractivity contribution is -0.126. The molecule has 1 N–H and O–H groups in total. The van der Waals surface area contributed by atoms with Crippen molar-refractivity contribution in [1.29, 1.82) is 0 Å². The number of amides is 1. The van der Waals surface area contributed by atoms with Crippen LogP contribution in [0.15, 0.2) is 60.7 Å². The average Bonchev–Trinajstić information content (AvgIpc) is 2.49. The lowest BCUT2D eigenvalue weighted by Gasteiger charge is -2.26. The van der Waals surface area contributed by atoms with E-state index in [0.29, 0.717) is 0 Å². The first-order valence-corrected chi connectivity index (χ1v) is 6.93. The lowest BCUT2D eigenvalue weighted by atomic mass is 9.83. The molecule has 2 aromatic carbocycles. The van der Waals surface area contributed by atoms with Crippen LogP contribution in [0.2, 0.25) is 0 Å². The molecule has 104 valence electrons. The molecule has 0 saturated heterocycles. The van der Waals surface area contributed by atoms with Gasteiger partial charge in [-0.15, -0.1) is 0 Å². The molecule has 2 nitrogen and oxygen atoms in total. The number of nitrogens with one attached hydrogen (secondary N) is 1. The second-order valence-corrected chi connectivity index (χ2v) is 5.60. The summed E-state index contributed by atoms with van der Waals surface area (Å²) in [5.74, 6) is 0.0417. The number of carbonyl (C=O) groups excluding carboxylic acids is 1. The van der Waals surface area contributed by atoms with Gasteiger partial charge in [0.15, 0.2) is 0 Å². The molecule has 2 rings (SSSR count). The molecule has 1 atom stereocenters. The number of hydrogen-bond donors (Lipinski definition) is 1. The SMILES string of the molecule is C[C@@H](NC(=O)C(C)(C)c1ccccc1)c1ccccc1. The van der Waals surface area contributed by atoms with E-state index >= 15 is 0 Å². The van der Waals surface area contributed by atoms with Gasteiger partial charge in [0.2, 0.25) is 5.91 Å². The highest BCUT2D eigenvalue weighted by Crippen LogP contribution is 2.24. The summed E-state index contributed by atoms with van der Waals surface area (Å²) in [5, 5.41) is 3.10. The van der Waals surface area contributed by atoms with E-state index in [-0.39, 0.29) is 11.9 Å². The normalized spacial score (nSPS) is 12.8. The molecular weight excluding hydrogens is 246 g/mol. The summed E-state index contributed by atoms with van der Waals surface area (Å²) in [6, 6.07) is 19.9. The smallest absolute Gasteiger partial charge is 0.230 e. The minimum atomic E-state index is -0.537. The Morgan fingerprint density at radius 3 is 2.00 bits per heavy atom. The summed E-state index contributed by atoms with van der Waals surface area (Å²) in [6.07, 6.45) is 0. The van der Waals surface area contributed by atoms with Gasteiger partial charge in [0.05, 0.1) is 11.5 Å². The van der Waals surface area contributed by atoms with Gasteiger partial charge in [-0.05, 0) is 31.9 Å². The third kappa shape index (κ3) is 3.08. The van der Waals surface area contributed by atoms with Crippen molar-refractivity contribution in [2.45, 2.75) is 32.2 Å². The Hall–Kier alpha value is -2.09. The molecule has 0 aliphatic carbocycles. The van der Waals surface area contributed by atoms with Crippen LogP contribution < -0.4 is 5.32 Å². The van der Waals surface area contributed by atoms with Crippen molar-refractivity contribution in [2.75, 3.05) is 0 Å². The summed E-state index contributed by atoms with van der Waals surface area (Å²) in [6.45, 7) is 5.92. The Morgan fingerprint density at radius 2 is 1.45 bits per heavy atom. The third-order valence-electron chi connectivity index (χ3n) is 3.71. The molecule has 0 bridgehead atoms. The van der Waals surface area contributed by atoms with Crippen LogP contribution in [0.1, 0.15) is 37.9 Å². The molecule has 0 radical (unpaired) electrons. The molecule has 2 aromatic rings. The minimum Gasteiger partial charge on any atom is -0.349 e. The topological polar surface area (TPSA) is 29.1 Å². The molecule has 0 fully saturated rings. The molecule has 0 heterocycles. The maximum absolute atomic E-state index is 12.5. The lowest BCUT2D eigenvalue weighted by Crippen LogP contribution is -2.41. The first-order valence-electron chi connectivity index (χ1n) is 6.93. The molecule has 0 aromatic heterocycles. The first kappa shape index (κ1) is 14.3. The Morgan fingerprint density at radius 1 is 0.950 bits per heavy atom. The maximum atomic E-state index is 12.5. The summed E-state index contributed by atoms with van der Waals surface area (Å²) in [4.78, 5) is 12.5. The largest absolute Gasteiger partial charge is 0.349 e. The fraction of sp³-hybridized carbons (Fsp3) is 0.278. The zero-order valence-electron chi connectivity index (χ0n) is 12.3. The highest BCUT2D eigenvalue weighted by atomic mass is 16.2. The number of benzene rings is 2. The van der Waals surface area contributed by atoms with Gasteiger partial charge < -0.3 is 5.32 Å². The van der Waals surface area contributed by atoms with E-state index in [1.54, 1.807) is 0 Å². The van der Waals surface area contributed by atoms with Crippen molar-refractivity contribution in [3.05, 3.63) is 71.8 Å². The van der Waals surface area contributed by atoms with Crippen LogP contribution in [0.3, 0.4) is 0 Å². The van der Waals surface area contributed by atoms with Crippen LogP contribution in [-0.2, 0) is 10.2 Å². The Labute approximate surface area is 120 Å². The van der Waals surface area contributed by atoms with Gasteiger partial charge in [-0.1, -0.05) is 60.7 Å². The standard InChI is InChI=1S/C18H21NO/c1-14(15-10-6-4-7-11-15)19-17(20)18(2,3)16-12-8-5-9-13-16/h4-14H,1-3H3,(H,19,20)/t14-/m1/s1. The van der Waals surface area contributed by atoms with Gasteiger partial charge >= 0.3 is 0 Å². The van der Waals surface area contributed by atoms with Crippen molar-refractivity contribution < 1.29 is 4.79 Å². The molecule has 2 heteroatoms. The summed E-state index contributed by atoms with van der Waals surface area (Å²) in [5.41, 5.74) is 1.60. The molecule has 20 heavy (non-hydrogen) atoms. The van der Waals surface area contributed by atoms with Crippen LogP contribution in [0.4, 0.5) is 0 Å². The maximum Gasteiger partial charge on any atom is 0.230 e.